The van der Waals surface area contributed by atoms with Gasteiger partial charge in [-0.1, -0.05) is 18.2 Å². The predicted molar refractivity (Wildman–Crippen MR) is 56.8 cm³/mol. The second kappa shape index (κ2) is 4.21. The molecule has 0 saturated carbocycles. The van der Waals surface area contributed by atoms with Crippen molar-refractivity contribution in [1.29, 1.82) is 0 Å². The molecule has 15 heavy (non-hydrogen) atoms. The molecule has 0 bridgehead atoms. The summed E-state index contributed by atoms with van der Waals surface area (Å²) in [5.74, 6) is 0.247. The van der Waals surface area contributed by atoms with E-state index in [9.17, 15) is 10.2 Å². The van der Waals surface area contributed by atoms with Crippen LogP contribution in [0.2, 0.25) is 0 Å². The third-order valence-electron chi connectivity index (χ3n) is 2.81. The number of ether oxygens (including phenoxy) is 1. The number of benzene rings is 1. The number of aliphatic hydroxyl groups is 1. The van der Waals surface area contributed by atoms with E-state index in [1.165, 1.54) is 0 Å². The highest BCUT2D eigenvalue weighted by Crippen LogP contribution is 2.27. The standard InChI is InChI=1S/C12H16O3/c13-11-5-2-1-4-10(11)8-12(14)6-3-7-15-9-12/h1-2,4-5,13-14H,3,6-9H2. The molecular weight excluding hydrogens is 192 g/mol. The van der Waals surface area contributed by atoms with Gasteiger partial charge in [0.25, 0.3) is 0 Å². The number of aromatic hydroxyl groups is 1. The molecule has 0 aromatic heterocycles. The maximum atomic E-state index is 10.2. The molecule has 1 heterocycles. The van der Waals surface area contributed by atoms with Gasteiger partial charge in [-0.25, -0.2) is 0 Å². The van der Waals surface area contributed by atoms with E-state index >= 15 is 0 Å². The van der Waals surface area contributed by atoms with Gasteiger partial charge in [0.1, 0.15) is 5.75 Å². The Hall–Kier alpha value is -1.06. The van der Waals surface area contributed by atoms with E-state index in [1.807, 2.05) is 12.1 Å². The molecule has 0 aliphatic carbocycles. The largest absolute Gasteiger partial charge is 0.508 e. The lowest BCUT2D eigenvalue weighted by Crippen LogP contribution is -2.40. The van der Waals surface area contributed by atoms with E-state index in [-0.39, 0.29) is 5.75 Å². The van der Waals surface area contributed by atoms with E-state index in [0.717, 1.165) is 25.0 Å². The van der Waals surface area contributed by atoms with Crippen LogP contribution in [0.4, 0.5) is 0 Å². The smallest absolute Gasteiger partial charge is 0.118 e. The van der Waals surface area contributed by atoms with Crippen molar-refractivity contribution >= 4 is 0 Å². The molecule has 1 aromatic carbocycles. The van der Waals surface area contributed by atoms with Gasteiger partial charge in [0.2, 0.25) is 0 Å². The molecule has 1 atom stereocenters. The lowest BCUT2D eigenvalue weighted by Gasteiger charge is -2.32. The van der Waals surface area contributed by atoms with E-state index < -0.39 is 5.60 Å². The van der Waals surface area contributed by atoms with Gasteiger partial charge in [-0.2, -0.15) is 0 Å². The van der Waals surface area contributed by atoms with Crippen molar-refractivity contribution in [3.63, 3.8) is 0 Å². The molecule has 2 N–H and O–H groups in total. The average molecular weight is 208 g/mol. The fourth-order valence-corrected chi connectivity index (χ4v) is 1.99. The second-order valence-electron chi connectivity index (χ2n) is 4.19. The van der Waals surface area contributed by atoms with Crippen LogP contribution in [-0.2, 0) is 11.2 Å². The Balaban J connectivity index is 2.10. The van der Waals surface area contributed by atoms with Gasteiger partial charge in [0.15, 0.2) is 0 Å². The van der Waals surface area contributed by atoms with Crippen LogP contribution in [-0.4, -0.2) is 29.0 Å². The number of phenolic OH excluding ortho intramolecular Hbond substituents is 1. The molecule has 0 spiro atoms. The van der Waals surface area contributed by atoms with Crippen molar-refractivity contribution in [2.45, 2.75) is 24.9 Å². The van der Waals surface area contributed by atoms with Crippen LogP contribution in [0.3, 0.4) is 0 Å². The van der Waals surface area contributed by atoms with Crippen molar-refractivity contribution in [2.24, 2.45) is 0 Å². The molecule has 1 unspecified atom stereocenters. The fraction of sp³-hybridized carbons (Fsp3) is 0.500. The molecule has 1 aromatic rings. The zero-order valence-corrected chi connectivity index (χ0v) is 8.65. The van der Waals surface area contributed by atoms with Crippen molar-refractivity contribution in [3.8, 4) is 5.75 Å². The Kier molecular flexibility index (Phi) is 2.93. The summed E-state index contributed by atoms with van der Waals surface area (Å²) in [6, 6.07) is 7.12. The number of para-hydroxylation sites is 1. The van der Waals surface area contributed by atoms with Crippen LogP contribution in [0.25, 0.3) is 0 Å². The summed E-state index contributed by atoms with van der Waals surface area (Å²) in [4.78, 5) is 0. The average Bonchev–Trinajstić information content (AvgIpc) is 2.22. The van der Waals surface area contributed by atoms with E-state index in [0.29, 0.717) is 13.0 Å². The van der Waals surface area contributed by atoms with Crippen molar-refractivity contribution in [3.05, 3.63) is 29.8 Å². The molecule has 3 nitrogen and oxygen atoms in total. The quantitative estimate of drug-likeness (QED) is 0.774. The molecule has 0 amide bonds. The van der Waals surface area contributed by atoms with Gasteiger partial charge in [0, 0.05) is 13.0 Å². The number of hydrogen-bond donors (Lipinski definition) is 2. The highest BCUT2D eigenvalue weighted by atomic mass is 16.5. The SMILES string of the molecule is Oc1ccccc1CC1(O)CCCOC1. The number of hydrogen-bond acceptors (Lipinski definition) is 3. The molecular formula is C12H16O3. The van der Waals surface area contributed by atoms with Gasteiger partial charge in [0.05, 0.1) is 12.2 Å². The number of rotatable bonds is 2. The molecule has 0 radical (unpaired) electrons. The summed E-state index contributed by atoms with van der Waals surface area (Å²) in [5.41, 5.74) is -0.0256. The lowest BCUT2D eigenvalue weighted by molar-refractivity contribution is -0.0847. The molecule has 1 aliphatic heterocycles. The topological polar surface area (TPSA) is 49.7 Å². The van der Waals surface area contributed by atoms with Crippen molar-refractivity contribution in [2.75, 3.05) is 13.2 Å². The fourth-order valence-electron chi connectivity index (χ4n) is 1.99. The third-order valence-corrected chi connectivity index (χ3v) is 2.81. The van der Waals surface area contributed by atoms with Crippen LogP contribution < -0.4 is 0 Å². The van der Waals surface area contributed by atoms with Gasteiger partial charge >= 0.3 is 0 Å². The van der Waals surface area contributed by atoms with E-state index in [4.69, 9.17) is 4.74 Å². The normalized spacial score (nSPS) is 26.5. The van der Waals surface area contributed by atoms with Crippen molar-refractivity contribution in [1.82, 2.24) is 0 Å². The maximum Gasteiger partial charge on any atom is 0.118 e. The van der Waals surface area contributed by atoms with Gasteiger partial charge in [-0.3, -0.25) is 0 Å². The number of phenols is 1. The summed E-state index contributed by atoms with van der Waals surface area (Å²) in [6.45, 7) is 1.09. The lowest BCUT2D eigenvalue weighted by atomic mass is 9.89. The minimum absolute atomic E-state index is 0.247. The van der Waals surface area contributed by atoms with E-state index in [2.05, 4.69) is 0 Å². The summed E-state index contributed by atoms with van der Waals surface area (Å²) in [7, 11) is 0. The van der Waals surface area contributed by atoms with Crippen LogP contribution >= 0.6 is 0 Å². The molecule has 1 fully saturated rings. The van der Waals surface area contributed by atoms with Gasteiger partial charge < -0.3 is 14.9 Å². The second-order valence-corrected chi connectivity index (χ2v) is 4.19. The van der Waals surface area contributed by atoms with Crippen LogP contribution in [0, 0.1) is 0 Å². The first-order chi connectivity index (χ1) is 7.20. The molecule has 1 aliphatic rings. The Morgan fingerprint density at radius 1 is 1.33 bits per heavy atom. The zero-order chi connectivity index (χ0) is 10.7. The Bertz CT molecular complexity index is 329. The first-order valence-corrected chi connectivity index (χ1v) is 5.27. The monoisotopic (exact) mass is 208 g/mol. The maximum absolute atomic E-state index is 10.2. The summed E-state index contributed by atoms with van der Waals surface area (Å²) < 4.78 is 5.27. The predicted octanol–water partition coefficient (Wildman–Crippen LogP) is 1.48. The molecule has 82 valence electrons. The third kappa shape index (κ3) is 2.49. The summed E-state index contributed by atoms with van der Waals surface area (Å²) in [6.07, 6.45) is 2.07. The van der Waals surface area contributed by atoms with Crippen LogP contribution in [0.15, 0.2) is 24.3 Å². The highest BCUT2D eigenvalue weighted by Gasteiger charge is 2.30. The first-order valence-electron chi connectivity index (χ1n) is 5.27. The summed E-state index contributed by atoms with van der Waals surface area (Å²) in [5, 5.41) is 19.8. The Labute approximate surface area is 89.3 Å². The molecule has 1 saturated heterocycles. The zero-order valence-electron chi connectivity index (χ0n) is 8.65. The van der Waals surface area contributed by atoms with E-state index in [1.54, 1.807) is 12.1 Å². The molecule has 3 heteroatoms. The van der Waals surface area contributed by atoms with Gasteiger partial charge in [-0.05, 0) is 24.5 Å². The first kappa shape index (κ1) is 10.5. The summed E-state index contributed by atoms with van der Waals surface area (Å²) >= 11 is 0. The van der Waals surface area contributed by atoms with Crippen LogP contribution in [0.5, 0.6) is 5.75 Å². The Morgan fingerprint density at radius 3 is 2.80 bits per heavy atom. The Morgan fingerprint density at radius 2 is 2.13 bits per heavy atom. The molecule has 2 rings (SSSR count). The minimum Gasteiger partial charge on any atom is -0.508 e. The van der Waals surface area contributed by atoms with Crippen molar-refractivity contribution < 1.29 is 14.9 Å². The van der Waals surface area contributed by atoms with Gasteiger partial charge in [-0.15, -0.1) is 0 Å². The minimum atomic E-state index is -0.808. The van der Waals surface area contributed by atoms with Crippen LogP contribution in [0.1, 0.15) is 18.4 Å². The highest BCUT2D eigenvalue weighted by molar-refractivity contribution is 5.33.